The Morgan fingerprint density at radius 1 is 0.567 bits per heavy atom. The molecule has 2 aromatic carbocycles. The molecule has 0 bridgehead atoms. The van der Waals surface area contributed by atoms with E-state index in [1.54, 1.807) is 0 Å². The predicted molar refractivity (Wildman–Crippen MR) is 94.3 cm³/mol. The van der Waals surface area contributed by atoms with Gasteiger partial charge in [-0.3, -0.25) is 0 Å². The Bertz CT molecular complexity index is 795. The van der Waals surface area contributed by atoms with E-state index in [2.05, 4.69) is 29.3 Å². The lowest BCUT2D eigenvalue weighted by atomic mass is 10.2. The summed E-state index contributed by atoms with van der Waals surface area (Å²) in [6.07, 6.45) is 0. The van der Waals surface area contributed by atoms with Crippen LogP contribution in [0.1, 0.15) is 20.7 Å². The van der Waals surface area contributed by atoms with E-state index >= 15 is 0 Å². The smallest absolute Gasteiger partial charge is 0.338 e. The van der Waals surface area contributed by atoms with Crippen LogP contribution in [0.3, 0.4) is 0 Å². The molecule has 0 aliphatic heterocycles. The summed E-state index contributed by atoms with van der Waals surface area (Å²) in [6.45, 7) is 0. The first kappa shape index (κ1) is 22.7. The van der Waals surface area contributed by atoms with Crippen molar-refractivity contribution in [1.82, 2.24) is 0 Å². The lowest BCUT2D eigenvalue weighted by Crippen LogP contribution is -2.14. The summed E-state index contributed by atoms with van der Waals surface area (Å²) in [7, 11) is 5.03. The van der Waals surface area contributed by atoms with Gasteiger partial charge in [-0.1, -0.05) is 0 Å². The van der Waals surface area contributed by atoms with Gasteiger partial charge in [0.05, 0.1) is 28.4 Å². The lowest BCUT2D eigenvalue weighted by Gasteiger charge is -2.11. The van der Waals surface area contributed by atoms with Crippen LogP contribution in [0.4, 0.5) is 0 Å². The number of hydrogen-bond donors (Lipinski definition) is 0. The van der Waals surface area contributed by atoms with Crippen LogP contribution in [-0.4, -0.2) is 40.4 Å². The monoisotopic (exact) mass is 426 g/mol. The third kappa shape index (κ3) is 5.96. The Morgan fingerprint density at radius 2 is 0.933 bits per heavy atom. The average Bonchev–Trinajstić information content (AvgIpc) is 2.74. The van der Waals surface area contributed by atoms with Gasteiger partial charge in [0.15, 0.2) is 23.0 Å². The molecule has 0 atom stereocenters. The van der Waals surface area contributed by atoms with Gasteiger partial charge >= 0.3 is 11.9 Å². The van der Waals surface area contributed by atoms with Gasteiger partial charge < -0.3 is 19.6 Å². The molecule has 0 aromatic heterocycles. The molecule has 0 fully saturated rings. The molecule has 2 aromatic rings. The molecule has 162 valence electrons. The number of benzene rings is 2. The Morgan fingerprint density at radius 3 is 1.27 bits per heavy atom. The SMILES string of the molecule is COOc1ccc(OOC)c(C(=O)OOC(=O)c2cc(OOC)ccc2OOC)c1. The molecule has 0 N–H and O–H groups in total. The molecular weight excluding hydrogens is 408 g/mol. The van der Waals surface area contributed by atoms with Crippen molar-refractivity contribution in [3.63, 3.8) is 0 Å². The summed E-state index contributed by atoms with van der Waals surface area (Å²) in [5.74, 6) is -1.92. The molecule has 0 amide bonds. The van der Waals surface area contributed by atoms with E-state index in [4.69, 9.17) is 19.6 Å². The first-order valence-electron chi connectivity index (χ1n) is 8.08. The summed E-state index contributed by atoms with van der Waals surface area (Å²) in [6, 6.07) is 8.03. The van der Waals surface area contributed by atoms with E-state index in [1.807, 2.05) is 0 Å². The van der Waals surface area contributed by atoms with Gasteiger partial charge in [-0.2, -0.15) is 19.6 Å². The van der Waals surface area contributed by atoms with Gasteiger partial charge in [-0.25, -0.2) is 19.4 Å². The topological polar surface area (TPSA) is 126 Å². The second kappa shape index (κ2) is 11.4. The largest absolute Gasteiger partial charge is 0.390 e. The quantitative estimate of drug-likeness (QED) is 0.409. The van der Waals surface area contributed by atoms with Crippen LogP contribution >= 0.6 is 0 Å². The predicted octanol–water partition coefficient (Wildman–Crippen LogP) is 2.38. The van der Waals surface area contributed by atoms with Crippen molar-refractivity contribution in [2.75, 3.05) is 28.4 Å². The highest BCUT2D eigenvalue weighted by atomic mass is 17.2. The first-order valence-corrected chi connectivity index (χ1v) is 8.08. The number of carbonyl (C=O) groups excluding carboxylic acids is 2. The molecule has 30 heavy (non-hydrogen) atoms. The molecular formula is C18H18O12. The third-order valence-corrected chi connectivity index (χ3v) is 3.24. The van der Waals surface area contributed by atoms with Gasteiger partial charge in [0.25, 0.3) is 0 Å². The Balaban J connectivity index is 2.18. The van der Waals surface area contributed by atoms with E-state index in [0.717, 1.165) is 0 Å². The Kier molecular flexibility index (Phi) is 8.65. The highest BCUT2D eigenvalue weighted by Gasteiger charge is 2.23. The standard InChI is InChI=1S/C18H18O12/c1-21-25-11-5-7-15(27-23-3)13(9-11)17(19)29-30-18(20)14-10-12(26-22-2)6-8-16(14)28-24-4/h5-10H,1-4H3. The summed E-state index contributed by atoms with van der Waals surface area (Å²) in [5.41, 5.74) is -0.354. The van der Waals surface area contributed by atoms with E-state index in [9.17, 15) is 9.59 Å². The Labute approximate surface area is 170 Å². The average molecular weight is 426 g/mol. The third-order valence-electron chi connectivity index (χ3n) is 3.24. The molecule has 0 unspecified atom stereocenters. The molecule has 12 nitrogen and oxygen atoms in total. The molecule has 0 saturated carbocycles. The minimum atomic E-state index is -1.09. The summed E-state index contributed by atoms with van der Waals surface area (Å²) >= 11 is 0. The van der Waals surface area contributed by atoms with Crippen molar-refractivity contribution in [3.8, 4) is 23.0 Å². The number of carbonyl (C=O) groups is 2. The van der Waals surface area contributed by atoms with Crippen molar-refractivity contribution in [2.45, 2.75) is 0 Å². The van der Waals surface area contributed by atoms with E-state index in [-0.39, 0.29) is 34.1 Å². The second-order valence-electron chi connectivity index (χ2n) is 5.06. The second-order valence-corrected chi connectivity index (χ2v) is 5.06. The fraction of sp³-hybridized carbons (Fsp3) is 0.222. The van der Waals surface area contributed by atoms with Crippen molar-refractivity contribution >= 4 is 11.9 Å². The van der Waals surface area contributed by atoms with Gasteiger partial charge in [0.2, 0.25) is 0 Å². The highest BCUT2D eigenvalue weighted by molar-refractivity contribution is 5.95. The molecule has 0 spiro atoms. The molecule has 0 aliphatic rings. The maximum atomic E-state index is 12.4. The van der Waals surface area contributed by atoms with Crippen LogP contribution < -0.4 is 19.6 Å². The molecule has 0 radical (unpaired) electrons. The van der Waals surface area contributed by atoms with Crippen LogP contribution in [0.2, 0.25) is 0 Å². The molecule has 12 heteroatoms. The Hall–Kier alpha value is -3.58. The summed E-state index contributed by atoms with van der Waals surface area (Å²) < 4.78 is 0. The minimum absolute atomic E-state index is 0.0269. The number of rotatable bonds is 10. The van der Waals surface area contributed by atoms with Crippen LogP contribution in [0, 0.1) is 0 Å². The zero-order valence-corrected chi connectivity index (χ0v) is 16.4. The zero-order valence-electron chi connectivity index (χ0n) is 16.4. The molecule has 0 heterocycles. The van der Waals surface area contributed by atoms with E-state index in [0.29, 0.717) is 0 Å². The summed E-state index contributed by atoms with van der Waals surface area (Å²) in [4.78, 5) is 71.5. The van der Waals surface area contributed by atoms with Crippen LogP contribution in [0.5, 0.6) is 23.0 Å². The minimum Gasteiger partial charge on any atom is -0.338 e. The van der Waals surface area contributed by atoms with E-state index < -0.39 is 11.9 Å². The summed E-state index contributed by atoms with van der Waals surface area (Å²) in [5, 5.41) is 0. The fourth-order valence-corrected chi connectivity index (χ4v) is 2.12. The number of hydrogen-bond acceptors (Lipinski definition) is 12. The van der Waals surface area contributed by atoms with Gasteiger partial charge in [0.1, 0.15) is 11.1 Å². The van der Waals surface area contributed by atoms with Gasteiger partial charge in [0, 0.05) is 12.1 Å². The maximum Gasteiger partial charge on any atom is 0.390 e. The van der Waals surface area contributed by atoms with Gasteiger partial charge in [-0.15, -0.1) is 0 Å². The molecule has 2 rings (SSSR count). The lowest BCUT2D eigenvalue weighted by molar-refractivity contribution is -0.194. The fourth-order valence-electron chi connectivity index (χ4n) is 2.12. The zero-order chi connectivity index (χ0) is 21.9. The van der Waals surface area contributed by atoms with Crippen LogP contribution in [0.25, 0.3) is 0 Å². The van der Waals surface area contributed by atoms with E-state index in [1.165, 1.54) is 64.8 Å². The van der Waals surface area contributed by atoms with Crippen molar-refractivity contribution in [3.05, 3.63) is 47.5 Å². The van der Waals surface area contributed by atoms with Crippen molar-refractivity contribution in [2.24, 2.45) is 0 Å². The van der Waals surface area contributed by atoms with Crippen molar-refractivity contribution in [1.29, 1.82) is 0 Å². The van der Waals surface area contributed by atoms with Crippen LogP contribution in [0.15, 0.2) is 36.4 Å². The maximum absolute atomic E-state index is 12.4. The highest BCUT2D eigenvalue weighted by Crippen LogP contribution is 2.27. The van der Waals surface area contributed by atoms with Gasteiger partial charge in [-0.05, 0) is 24.3 Å². The molecule has 0 saturated heterocycles. The normalized spacial score (nSPS) is 10.1. The first-order chi connectivity index (χ1) is 14.5. The molecule has 0 aliphatic carbocycles. The van der Waals surface area contributed by atoms with Crippen molar-refractivity contribution < 1.29 is 58.5 Å². The van der Waals surface area contributed by atoms with Crippen LogP contribution in [-0.2, 0) is 29.3 Å².